The summed E-state index contributed by atoms with van der Waals surface area (Å²) in [6.07, 6.45) is 43.9. The van der Waals surface area contributed by atoms with Gasteiger partial charge in [-0.15, -0.1) is 0 Å². The summed E-state index contributed by atoms with van der Waals surface area (Å²) in [4.78, 5) is 26.4. The Morgan fingerprint density at radius 1 is 0.578 bits per heavy atom. The Bertz CT molecular complexity index is 2870. The Balaban J connectivity index is 0.000000429. The molecular formula is C88H151ClMgO9Si3. The zero-order valence-corrected chi connectivity index (χ0v) is 74.5. The fourth-order valence-electron chi connectivity index (χ4n) is 17.3. The topological polar surface area (TPSA) is 132 Å². The van der Waals surface area contributed by atoms with E-state index in [0.717, 1.165) is 94.6 Å². The van der Waals surface area contributed by atoms with Crippen LogP contribution in [0.25, 0.3) is 0 Å². The number of allylic oxidation sites excluding steroid dienone is 8. The Labute approximate surface area is 651 Å². The molecule has 0 aliphatic heterocycles. The number of hydrogen-bond acceptors (Lipinski definition) is 9. The number of hydrogen-bond donors (Lipinski definition) is 3. The van der Waals surface area contributed by atoms with E-state index in [4.69, 9.17) is 18.0 Å². The fraction of sp³-hybridized carbons (Fsp3) is 0.784. The Morgan fingerprint density at radius 3 is 1.39 bits per heavy atom. The first-order valence-corrected chi connectivity index (χ1v) is 49.3. The van der Waals surface area contributed by atoms with Crippen LogP contribution < -0.4 is 12.4 Å². The second-order valence-electron chi connectivity index (χ2n) is 38.2. The van der Waals surface area contributed by atoms with Crippen LogP contribution in [-0.2, 0) is 27.6 Å². The number of aliphatic hydroxyl groups is 3. The molecule has 0 aromatic rings. The number of unbranched alkanes of at least 4 members (excludes halogenated alkanes) is 5. The van der Waals surface area contributed by atoms with Crippen molar-refractivity contribution >= 4 is 59.8 Å². The Kier molecular flexibility index (Phi) is 35.0. The maximum atomic E-state index is 13.6. The average Bonchev–Trinajstić information content (AvgIpc) is 1.60. The summed E-state index contributed by atoms with van der Waals surface area (Å²) in [5, 5.41) is 31.7. The van der Waals surface area contributed by atoms with E-state index in [1.165, 1.54) is 81.8 Å². The van der Waals surface area contributed by atoms with Gasteiger partial charge in [-0.25, -0.2) is 0 Å². The minimum atomic E-state index is -2.14. The van der Waals surface area contributed by atoms with Crippen LogP contribution in [0.1, 0.15) is 284 Å². The van der Waals surface area contributed by atoms with Gasteiger partial charge >= 0.3 is 29.0 Å². The number of carbonyl (C=O) groups is 2. The minimum Gasteiger partial charge on any atom is -1.00 e. The summed E-state index contributed by atoms with van der Waals surface area (Å²) in [5.74, 6) is 3.29. The molecule has 0 aromatic carbocycles. The zero-order valence-electron chi connectivity index (χ0n) is 69.3. The number of carbonyl (C=O) groups excluding carboxylic acids is 2. The fourth-order valence-corrected chi connectivity index (χ4v) is 21.2. The van der Waals surface area contributed by atoms with E-state index in [1.807, 2.05) is 6.08 Å². The van der Waals surface area contributed by atoms with Crippen LogP contribution in [-0.4, -0.2) is 118 Å². The van der Waals surface area contributed by atoms with Gasteiger partial charge in [0.15, 0.2) is 25.0 Å². The molecule has 8 saturated carbocycles. The number of esters is 1. The van der Waals surface area contributed by atoms with Gasteiger partial charge in [-0.1, -0.05) is 227 Å². The largest absolute Gasteiger partial charge is 2.00 e. The molecule has 14 atom stereocenters. The van der Waals surface area contributed by atoms with Crippen molar-refractivity contribution in [3.63, 3.8) is 0 Å². The molecule has 9 nitrogen and oxygen atoms in total. The molecular weight excluding hydrogens is 1340 g/mol. The molecule has 0 bridgehead atoms. The first-order chi connectivity index (χ1) is 46.5. The quantitative estimate of drug-likeness (QED) is 0.0242. The van der Waals surface area contributed by atoms with E-state index in [-0.39, 0.29) is 91.5 Å². The summed E-state index contributed by atoms with van der Waals surface area (Å²) in [5.41, 5.74) is 6.83. The van der Waals surface area contributed by atoms with Crippen molar-refractivity contribution in [3.8, 4) is 0 Å². The second-order valence-corrected chi connectivity index (χ2v) is 52.4. The maximum absolute atomic E-state index is 13.6. The van der Waals surface area contributed by atoms with Crippen molar-refractivity contribution < 1.29 is 55.3 Å². The van der Waals surface area contributed by atoms with Gasteiger partial charge in [0.1, 0.15) is 5.78 Å². The van der Waals surface area contributed by atoms with Crippen LogP contribution in [0.15, 0.2) is 95.2 Å². The van der Waals surface area contributed by atoms with Crippen molar-refractivity contribution in [3.05, 3.63) is 102 Å². The van der Waals surface area contributed by atoms with Gasteiger partial charge in [-0.2, -0.15) is 6.42 Å². The molecule has 0 aromatic heterocycles. The van der Waals surface area contributed by atoms with Gasteiger partial charge in [0.25, 0.3) is 0 Å². The number of fused-ring (bicyclic) bond motifs is 2. The van der Waals surface area contributed by atoms with E-state index < -0.39 is 54.1 Å². The molecule has 8 fully saturated rings. The Hall–Kier alpha value is -1.47. The monoisotopic (exact) mass is 1500 g/mol. The number of Topliss-reactive ketones (excluding diaryl/α,β-unsaturated/α-hetero) is 1. The van der Waals surface area contributed by atoms with E-state index in [9.17, 15) is 24.9 Å². The molecule has 0 amide bonds. The second kappa shape index (κ2) is 38.4. The van der Waals surface area contributed by atoms with Crippen molar-refractivity contribution in [1.82, 2.24) is 0 Å². The van der Waals surface area contributed by atoms with Gasteiger partial charge < -0.3 is 52.7 Å². The van der Waals surface area contributed by atoms with Crippen molar-refractivity contribution in [2.45, 2.75) is 375 Å². The summed E-state index contributed by atoms with van der Waals surface area (Å²) >= 11 is 0. The number of rotatable bonds is 27. The summed E-state index contributed by atoms with van der Waals surface area (Å²) in [7, 11) is -6.20. The first-order valence-electron chi connectivity index (χ1n) is 40.5. The van der Waals surface area contributed by atoms with Crippen molar-refractivity contribution in [2.24, 2.45) is 57.2 Å². The molecule has 14 heteroatoms. The average molecular weight is 1500 g/mol. The van der Waals surface area contributed by atoms with Gasteiger partial charge in [0, 0.05) is 6.42 Å². The predicted octanol–water partition coefficient (Wildman–Crippen LogP) is 20.1. The van der Waals surface area contributed by atoms with E-state index >= 15 is 0 Å². The van der Waals surface area contributed by atoms with E-state index in [1.54, 1.807) is 5.57 Å². The minimum absolute atomic E-state index is 0. The predicted molar refractivity (Wildman–Crippen MR) is 435 cm³/mol. The van der Waals surface area contributed by atoms with E-state index in [0.29, 0.717) is 66.9 Å². The third-order valence-electron chi connectivity index (χ3n) is 27.8. The summed E-state index contributed by atoms with van der Waals surface area (Å²) in [6.45, 7) is 63.9. The maximum Gasteiger partial charge on any atom is 2.00 e. The number of ether oxygens (including phenoxy) is 1. The van der Waals surface area contributed by atoms with Crippen LogP contribution >= 0.6 is 0 Å². The van der Waals surface area contributed by atoms with Crippen LogP contribution in [0.3, 0.4) is 0 Å². The molecule has 0 radical (unpaired) electrons. The van der Waals surface area contributed by atoms with Crippen molar-refractivity contribution in [1.29, 1.82) is 0 Å². The molecule has 8 rings (SSSR count). The summed E-state index contributed by atoms with van der Waals surface area (Å²) < 4.78 is 27.3. The van der Waals surface area contributed by atoms with Crippen LogP contribution in [0.2, 0.25) is 54.4 Å². The standard InChI is InChI=1S/C50H90O5Si3.C33H50O4.C5H11.ClH.Mg/c1-20-21-33-52-45(51)50(31-32-50)44(55-58(18,19)48(10,11)12)29-24-36(2)40-27-28-41-39(23-22-30-49(40,41)13)26-25-38-34-42(53-56(14,15)46(4,5)6)37(3)43(35-38)54-57(16,17)47(7,8)9;1-5-6-7-10-30(36)33(18-19-33)31(37)16-11-22(2)26-14-15-27-25(9-8-17-32(26,27)4)13-12-24-20-28(34)23(3)29(35)21-24;1-3-5-4-2;;/h24-26,29,36,40-44H,3,20-23,27-28,30-35H2,1-2,4-19H3;11-13,16,22,26-29,31,34-35,37H,3,5-10,14-15,17-21H2,1-2,4H3;1,3-5H2,2H3;1H;/q;;-1;;+2/p-1/b29-24+,39-26+;16-11+,25-13+;;;/t36-,40-,41+,42-,43-,44-,49-;22-,26-,27+,28-,29-,31-,32-;;;/m11.../s1. The number of ketones is 1. The smallest absolute Gasteiger partial charge is 1.00 e. The number of aliphatic hydroxyl groups excluding tert-OH is 3. The molecule has 8 aliphatic rings. The molecule has 0 heterocycles. The normalized spacial score (nSPS) is 30.0. The molecule has 0 spiro atoms. The zero-order chi connectivity index (χ0) is 74.8. The van der Waals surface area contributed by atoms with Crippen LogP contribution in [0, 0.1) is 64.1 Å². The summed E-state index contributed by atoms with van der Waals surface area (Å²) in [6, 6.07) is 0. The van der Waals surface area contributed by atoms with Crippen LogP contribution in [0.5, 0.6) is 0 Å². The molecule has 3 N–H and O–H groups in total. The van der Waals surface area contributed by atoms with Crippen molar-refractivity contribution in [2.75, 3.05) is 6.61 Å². The third-order valence-corrected chi connectivity index (χ3v) is 41.2. The third kappa shape index (κ3) is 22.8. The molecule has 0 saturated heterocycles. The SMILES string of the molecule is C=C1[C@H](O)CC(=C/C=C2\CCC[C@]3(C)[C@@H]([C@H](C)/C=C/[C@@H](O)C4(C(=O)CCCCC)CC4)CC[C@@H]23)C[C@H]1O.C=C1[C@H](O[Si](C)(C)C(C)(C)C)CC(=C/C=C2\CCC[C@]3(C)[C@@H]([C@H](C)/C=C/[C@@H](O[Si](C)(C)C(C)(C)C)C4(C(=O)OCCCC)CC4)CC[C@@H]23)C[C@H]1O[Si](C)(C)C(C)(C)C.[CH2-]CCCC.[Cl-].[Mg+2]. The first kappa shape index (κ1) is 92.9. The molecule has 8 aliphatic carbocycles. The molecule has 102 heavy (non-hydrogen) atoms. The number of halogens is 1. The Morgan fingerprint density at radius 2 is 1.00 bits per heavy atom. The van der Waals surface area contributed by atoms with E-state index in [2.05, 4.69) is 213 Å². The van der Waals surface area contributed by atoms with Gasteiger partial charge in [0.05, 0.1) is 54.1 Å². The molecule has 578 valence electrons. The van der Waals surface area contributed by atoms with Gasteiger partial charge in [-0.3, -0.25) is 9.59 Å². The van der Waals surface area contributed by atoms with Crippen LogP contribution in [0.4, 0.5) is 0 Å². The van der Waals surface area contributed by atoms with Gasteiger partial charge in [-0.05, 0) is 240 Å². The molecule has 0 unspecified atom stereocenters. The van der Waals surface area contributed by atoms with Gasteiger partial charge in [0.2, 0.25) is 0 Å².